The van der Waals surface area contributed by atoms with Gasteiger partial charge in [-0.1, -0.05) is 30.3 Å². The number of hydrogen-bond donors (Lipinski definition) is 2. The third-order valence-electron chi connectivity index (χ3n) is 4.30. The van der Waals surface area contributed by atoms with E-state index in [9.17, 15) is 9.59 Å². The highest BCUT2D eigenvalue weighted by molar-refractivity contribution is 5.95. The van der Waals surface area contributed by atoms with E-state index >= 15 is 0 Å². The van der Waals surface area contributed by atoms with Crippen LogP contribution in [0.25, 0.3) is 0 Å². The minimum atomic E-state index is -0.271. The number of nitrogens with one attached hydrogen (secondary N) is 2. The Bertz CT molecular complexity index is 765. The first-order chi connectivity index (χ1) is 13.2. The van der Waals surface area contributed by atoms with Crippen molar-refractivity contribution in [3.8, 4) is 5.75 Å². The molecule has 0 radical (unpaired) electrons. The zero-order valence-corrected chi connectivity index (χ0v) is 15.2. The lowest BCUT2D eigenvalue weighted by molar-refractivity contribution is -0.129. The molecule has 1 aliphatic rings. The summed E-state index contributed by atoms with van der Waals surface area (Å²) in [5, 5.41) is 5.60. The summed E-state index contributed by atoms with van der Waals surface area (Å²) in [6.07, 6.45) is -0.271. The van der Waals surface area contributed by atoms with Crippen LogP contribution in [0.2, 0.25) is 0 Å². The molecule has 0 spiro atoms. The lowest BCUT2D eigenvalue weighted by Crippen LogP contribution is -2.51. The number of nitrogens with zero attached hydrogens (tertiary/aromatic N) is 1. The van der Waals surface area contributed by atoms with Crippen molar-refractivity contribution >= 4 is 17.6 Å². The van der Waals surface area contributed by atoms with Gasteiger partial charge in [0.2, 0.25) is 0 Å². The van der Waals surface area contributed by atoms with Crippen molar-refractivity contribution in [1.82, 2.24) is 10.6 Å². The summed E-state index contributed by atoms with van der Waals surface area (Å²) < 4.78 is 10.7. The van der Waals surface area contributed by atoms with E-state index in [0.29, 0.717) is 19.6 Å². The molecule has 1 heterocycles. The van der Waals surface area contributed by atoms with Crippen molar-refractivity contribution in [2.24, 2.45) is 0 Å². The van der Waals surface area contributed by atoms with Crippen LogP contribution in [0.15, 0.2) is 54.6 Å². The average Bonchev–Trinajstić information content (AvgIpc) is 2.72. The maximum absolute atomic E-state index is 12.2. The van der Waals surface area contributed by atoms with E-state index in [1.165, 1.54) is 0 Å². The SMILES string of the molecule is COc1ccc(N2CC(CNC(=O)NCc3ccccc3)OCC2=O)cc1. The summed E-state index contributed by atoms with van der Waals surface area (Å²) >= 11 is 0. The molecule has 1 saturated heterocycles. The van der Waals surface area contributed by atoms with Gasteiger partial charge in [-0.3, -0.25) is 4.79 Å². The molecular weight excluding hydrogens is 346 g/mol. The molecule has 2 aromatic rings. The number of anilines is 1. The predicted octanol–water partition coefficient (Wildman–Crippen LogP) is 1.93. The highest BCUT2D eigenvalue weighted by Gasteiger charge is 2.27. The third kappa shape index (κ3) is 5.21. The van der Waals surface area contributed by atoms with Crippen LogP contribution in [0.1, 0.15) is 5.56 Å². The number of methoxy groups -OCH3 is 1. The molecule has 142 valence electrons. The van der Waals surface area contributed by atoms with Crippen LogP contribution >= 0.6 is 0 Å². The number of benzene rings is 2. The highest BCUT2D eigenvalue weighted by Crippen LogP contribution is 2.21. The van der Waals surface area contributed by atoms with Crippen LogP contribution in [-0.2, 0) is 16.1 Å². The number of carbonyl (C=O) groups is 2. The van der Waals surface area contributed by atoms with Crippen LogP contribution in [0.5, 0.6) is 5.75 Å². The second kappa shape index (κ2) is 9.05. The second-order valence-corrected chi connectivity index (χ2v) is 6.18. The summed E-state index contributed by atoms with van der Waals surface area (Å²) in [4.78, 5) is 25.8. The van der Waals surface area contributed by atoms with Gasteiger partial charge >= 0.3 is 6.03 Å². The van der Waals surface area contributed by atoms with Crippen LogP contribution < -0.4 is 20.3 Å². The highest BCUT2D eigenvalue weighted by atomic mass is 16.5. The van der Waals surface area contributed by atoms with E-state index in [1.807, 2.05) is 54.6 Å². The molecule has 1 fully saturated rings. The van der Waals surface area contributed by atoms with E-state index in [2.05, 4.69) is 10.6 Å². The molecule has 27 heavy (non-hydrogen) atoms. The summed E-state index contributed by atoms with van der Waals surface area (Å²) in [7, 11) is 1.60. The first kappa shape index (κ1) is 18.7. The van der Waals surface area contributed by atoms with Gasteiger partial charge in [0.05, 0.1) is 19.8 Å². The van der Waals surface area contributed by atoms with Gasteiger partial charge in [-0.15, -0.1) is 0 Å². The largest absolute Gasteiger partial charge is 0.497 e. The van der Waals surface area contributed by atoms with Gasteiger partial charge < -0.3 is 25.0 Å². The van der Waals surface area contributed by atoms with E-state index in [1.54, 1.807) is 12.0 Å². The number of hydrogen-bond acceptors (Lipinski definition) is 4. The molecule has 3 amide bonds. The Hall–Kier alpha value is -3.06. The van der Waals surface area contributed by atoms with Gasteiger partial charge in [-0.25, -0.2) is 4.79 Å². The summed E-state index contributed by atoms with van der Waals surface area (Å²) in [6, 6.07) is 16.7. The monoisotopic (exact) mass is 369 g/mol. The van der Waals surface area contributed by atoms with Crippen molar-refractivity contribution < 1.29 is 19.1 Å². The maximum Gasteiger partial charge on any atom is 0.315 e. The van der Waals surface area contributed by atoms with Gasteiger partial charge in [0, 0.05) is 18.8 Å². The van der Waals surface area contributed by atoms with Gasteiger partial charge in [0.1, 0.15) is 12.4 Å². The molecule has 0 aliphatic carbocycles. The summed E-state index contributed by atoms with van der Waals surface area (Å²) in [6.45, 7) is 1.14. The molecule has 2 N–H and O–H groups in total. The number of urea groups is 1. The number of morpholine rings is 1. The smallest absolute Gasteiger partial charge is 0.315 e. The summed E-state index contributed by atoms with van der Waals surface area (Å²) in [5.74, 6) is 0.623. The molecule has 7 nitrogen and oxygen atoms in total. The molecule has 1 atom stereocenters. The van der Waals surface area contributed by atoms with Gasteiger partial charge in [0.15, 0.2) is 0 Å². The van der Waals surface area contributed by atoms with Crippen LogP contribution in [0.3, 0.4) is 0 Å². The fourth-order valence-electron chi connectivity index (χ4n) is 2.81. The standard InChI is InChI=1S/C20H23N3O4/c1-26-17-9-7-16(8-10-17)23-13-18(27-14-19(23)24)12-22-20(25)21-11-15-5-3-2-4-6-15/h2-10,18H,11-14H2,1H3,(H2,21,22,25). The molecule has 7 heteroatoms. The fourth-order valence-corrected chi connectivity index (χ4v) is 2.81. The number of amides is 3. The molecule has 0 aromatic heterocycles. The molecule has 1 unspecified atom stereocenters. The zero-order valence-electron chi connectivity index (χ0n) is 15.2. The van der Waals surface area contributed by atoms with Crippen molar-refractivity contribution in [3.05, 3.63) is 60.2 Å². The Morgan fingerprint density at radius 3 is 2.59 bits per heavy atom. The minimum Gasteiger partial charge on any atom is -0.497 e. The Kier molecular flexibility index (Phi) is 6.27. The third-order valence-corrected chi connectivity index (χ3v) is 4.30. The Morgan fingerprint density at radius 2 is 1.89 bits per heavy atom. The second-order valence-electron chi connectivity index (χ2n) is 6.18. The maximum atomic E-state index is 12.2. The number of ether oxygens (including phenoxy) is 2. The van der Waals surface area contributed by atoms with E-state index in [-0.39, 0.29) is 24.6 Å². The van der Waals surface area contributed by atoms with Crippen molar-refractivity contribution in [2.75, 3.05) is 31.7 Å². The lowest BCUT2D eigenvalue weighted by Gasteiger charge is -2.33. The van der Waals surface area contributed by atoms with E-state index in [4.69, 9.17) is 9.47 Å². The molecule has 0 bridgehead atoms. The predicted molar refractivity (Wildman–Crippen MR) is 102 cm³/mol. The lowest BCUT2D eigenvalue weighted by atomic mass is 10.2. The molecule has 3 rings (SSSR count). The first-order valence-corrected chi connectivity index (χ1v) is 8.77. The minimum absolute atomic E-state index is 0.00991. The van der Waals surface area contributed by atoms with Gasteiger partial charge in [-0.05, 0) is 29.8 Å². The van der Waals surface area contributed by atoms with Crippen LogP contribution in [0.4, 0.5) is 10.5 Å². The van der Waals surface area contributed by atoms with Crippen molar-refractivity contribution in [2.45, 2.75) is 12.6 Å². The zero-order chi connectivity index (χ0) is 19.1. The van der Waals surface area contributed by atoms with Crippen molar-refractivity contribution in [3.63, 3.8) is 0 Å². The Labute approximate surface area is 158 Å². The van der Waals surface area contributed by atoms with Crippen LogP contribution in [-0.4, -0.2) is 44.8 Å². The quantitative estimate of drug-likeness (QED) is 0.815. The van der Waals surface area contributed by atoms with E-state index < -0.39 is 0 Å². The van der Waals surface area contributed by atoms with Gasteiger partial charge in [-0.2, -0.15) is 0 Å². The molecule has 0 saturated carbocycles. The Balaban J connectivity index is 1.48. The molecular formula is C20H23N3O4. The normalized spacial score (nSPS) is 16.7. The van der Waals surface area contributed by atoms with Gasteiger partial charge in [0.25, 0.3) is 5.91 Å². The fraction of sp³-hybridized carbons (Fsp3) is 0.300. The topological polar surface area (TPSA) is 79.9 Å². The number of rotatable bonds is 6. The van der Waals surface area contributed by atoms with Crippen molar-refractivity contribution in [1.29, 1.82) is 0 Å². The molecule has 1 aliphatic heterocycles. The van der Waals surface area contributed by atoms with E-state index in [0.717, 1.165) is 17.0 Å². The Morgan fingerprint density at radius 1 is 1.15 bits per heavy atom. The van der Waals surface area contributed by atoms with Crippen LogP contribution in [0, 0.1) is 0 Å². The summed E-state index contributed by atoms with van der Waals surface area (Å²) in [5.41, 5.74) is 1.81. The molecule has 2 aromatic carbocycles. The average molecular weight is 369 g/mol. The first-order valence-electron chi connectivity index (χ1n) is 8.77. The number of carbonyl (C=O) groups excluding carboxylic acids is 2.